The van der Waals surface area contributed by atoms with Crippen LogP contribution in [0.5, 0.6) is 0 Å². The summed E-state index contributed by atoms with van der Waals surface area (Å²) in [6.45, 7) is 4.81. The fraction of sp³-hybridized carbons (Fsp3) is 0.333. The van der Waals surface area contributed by atoms with E-state index >= 15 is 0 Å². The molecular formula is C12H12O. The minimum atomic E-state index is 0.309. The fourth-order valence-corrected chi connectivity index (χ4v) is 2.43. The zero-order valence-corrected chi connectivity index (χ0v) is 7.49. The van der Waals surface area contributed by atoms with Crippen LogP contribution in [0.4, 0.5) is 0 Å². The van der Waals surface area contributed by atoms with Gasteiger partial charge >= 0.3 is 0 Å². The monoisotopic (exact) mass is 172 g/mol. The average molecular weight is 172 g/mol. The summed E-state index contributed by atoms with van der Waals surface area (Å²) >= 11 is 0. The molecular weight excluding hydrogens is 160 g/mol. The number of ether oxygens (including phenoxy) is 1. The summed E-state index contributed by atoms with van der Waals surface area (Å²) in [5.41, 5.74) is 4.09. The molecule has 1 fully saturated rings. The fourth-order valence-electron chi connectivity index (χ4n) is 2.43. The maximum Gasteiger partial charge on any atom is 0.0901 e. The van der Waals surface area contributed by atoms with Crippen LogP contribution in [-0.2, 0) is 11.2 Å². The Morgan fingerprint density at radius 3 is 3.08 bits per heavy atom. The van der Waals surface area contributed by atoms with Crippen LogP contribution in [-0.4, -0.2) is 6.61 Å². The van der Waals surface area contributed by atoms with Gasteiger partial charge in [0.25, 0.3) is 0 Å². The molecule has 0 bridgehead atoms. The van der Waals surface area contributed by atoms with Crippen molar-refractivity contribution in [1.29, 1.82) is 0 Å². The second-order valence-corrected chi connectivity index (χ2v) is 3.90. The molecule has 0 spiro atoms. The van der Waals surface area contributed by atoms with Crippen molar-refractivity contribution in [3.05, 3.63) is 47.5 Å². The molecule has 1 heteroatoms. The quantitative estimate of drug-likeness (QED) is 0.546. The van der Waals surface area contributed by atoms with Crippen molar-refractivity contribution in [2.24, 2.45) is 5.92 Å². The van der Waals surface area contributed by atoms with Gasteiger partial charge in [-0.2, -0.15) is 0 Å². The zero-order chi connectivity index (χ0) is 8.84. The highest BCUT2D eigenvalue weighted by molar-refractivity contribution is 5.39. The minimum Gasteiger partial charge on any atom is -0.369 e. The Morgan fingerprint density at radius 1 is 1.31 bits per heavy atom. The third-order valence-electron chi connectivity index (χ3n) is 3.14. The molecule has 2 atom stereocenters. The Labute approximate surface area is 78.0 Å². The molecule has 1 saturated heterocycles. The summed E-state index contributed by atoms with van der Waals surface area (Å²) < 4.78 is 5.72. The number of rotatable bonds is 0. The summed E-state index contributed by atoms with van der Waals surface area (Å²) in [6.07, 6.45) is 1.43. The SMILES string of the molecule is C=C1COC2c3ccccc3CC12. The molecule has 0 amide bonds. The molecule has 1 heterocycles. The van der Waals surface area contributed by atoms with Crippen LogP contribution in [0.2, 0.25) is 0 Å². The van der Waals surface area contributed by atoms with Gasteiger partial charge in [-0.15, -0.1) is 0 Å². The summed E-state index contributed by atoms with van der Waals surface area (Å²) in [5, 5.41) is 0. The van der Waals surface area contributed by atoms with Gasteiger partial charge in [-0.05, 0) is 23.1 Å². The first-order valence-corrected chi connectivity index (χ1v) is 4.73. The maximum absolute atomic E-state index is 5.72. The first-order chi connectivity index (χ1) is 6.36. The van der Waals surface area contributed by atoms with Crippen molar-refractivity contribution >= 4 is 0 Å². The lowest BCUT2D eigenvalue weighted by molar-refractivity contribution is 0.0998. The molecule has 1 aromatic rings. The Hall–Kier alpha value is -1.08. The zero-order valence-electron chi connectivity index (χ0n) is 7.49. The van der Waals surface area contributed by atoms with E-state index < -0.39 is 0 Å². The average Bonchev–Trinajstić information content (AvgIpc) is 2.67. The van der Waals surface area contributed by atoms with Crippen molar-refractivity contribution in [2.45, 2.75) is 12.5 Å². The summed E-state index contributed by atoms with van der Waals surface area (Å²) in [7, 11) is 0. The highest BCUT2D eigenvalue weighted by Gasteiger charge is 2.38. The second kappa shape index (κ2) is 2.46. The van der Waals surface area contributed by atoms with Crippen LogP contribution in [0, 0.1) is 5.92 Å². The molecule has 3 rings (SSSR count). The summed E-state index contributed by atoms with van der Waals surface area (Å²) in [6, 6.07) is 8.57. The van der Waals surface area contributed by atoms with Crippen molar-refractivity contribution < 1.29 is 4.74 Å². The van der Waals surface area contributed by atoms with Crippen LogP contribution in [0.3, 0.4) is 0 Å². The largest absolute Gasteiger partial charge is 0.369 e. The van der Waals surface area contributed by atoms with E-state index in [0.29, 0.717) is 12.0 Å². The predicted octanol–water partition coefficient (Wildman–Crippen LogP) is 2.49. The Bertz CT molecular complexity index is 367. The van der Waals surface area contributed by atoms with Crippen LogP contribution in [0.1, 0.15) is 17.2 Å². The first-order valence-electron chi connectivity index (χ1n) is 4.73. The van der Waals surface area contributed by atoms with Crippen molar-refractivity contribution in [3.63, 3.8) is 0 Å². The molecule has 0 aromatic heterocycles. The van der Waals surface area contributed by atoms with E-state index in [9.17, 15) is 0 Å². The third-order valence-corrected chi connectivity index (χ3v) is 3.14. The molecule has 0 N–H and O–H groups in total. The Balaban J connectivity index is 2.09. The molecule has 1 aromatic carbocycles. The molecule has 13 heavy (non-hydrogen) atoms. The van der Waals surface area contributed by atoms with Gasteiger partial charge in [-0.1, -0.05) is 30.8 Å². The topological polar surface area (TPSA) is 9.23 Å². The van der Waals surface area contributed by atoms with Crippen molar-refractivity contribution in [2.75, 3.05) is 6.61 Å². The number of hydrogen-bond acceptors (Lipinski definition) is 1. The van der Waals surface area contributed by atoms with Gasteiger partial charge in [-0.3, -0.25) is 0 Å². The predicted molar refractivity (Wildman–Crippen MR) is 51.5 cm³/mol. The standard InChI is InChI=1S/C12H12O/c1-8-7-13-12-10-5-3-2-4-9(10)6-11(8)12/h2-5,11-12H,1,6-7H2. The highest BCUT2D eigenvalue weighted by atomic mass is 16.5. The molecule has 0 radical (unpaired) electrons. The van der Waals surface area contributed by atoms with E-state index in [4.69, 9.17) is 4.74 Å². The van der Waals surface area contributed by atoms with Crippen LogP contribution in [0.15, 0.2) is 36.4 Å². The number of hydrogen-bond donors (Lipinski definition) is 0. The van der Waals surface area contributed by atoms with Gasteiger partial charge in [0.05, 0.1) is 12.7 Å². The Kier molecular flexibility index (Phi) is 1.39. The van der Waals surface area contributed by atoms with Crippen molar-refractivity contribution in [1.82, 2.24) is 0 Å². The van der Waals surface area contributed by atoms with Crippen molar-refractivity contribution in [3.8, 4) is 0 Å². The van der Waals surface area contributed by atoms with Crippen LogP contribution in [0.25, 0.3) is 0 Å². The summed E-state index contributed by atoms with van der Waals surface area (Å²) in [4.78, 5) is 0. The molecule has 2 unspecified atom stereocenters. The van der Waals surface area contributed by atoms with Gasteiger partial charge in [0, 0.05) is 5.92 Å². The van der Waals surface area contributed by atoms with E-state index in [2.05, 4.69) is 30.8 Å². The smallest absolute Gasteiger partial charge is 0.0901 e. The number of benzene rings is 1. The van der Waals surface area contributed by atoms with Gasteiger partial charge in [0.2, 0.25) is 0 Å². The lowest BCUT2D eigenvalue weighted by atomic mass is 9.99. The van der Waals surface area contributed by atoms with E-state index in [1.165, 1.54) is 16.7 Å². The second-order valence-electron chi connectivity index (χ2n) is 3.90. The van der Waals surface area contributed by atoms with Gasteiger partial charge < -0.3 is 4.74 Å². The number of fused-ring (bicyclic) bond motifs is 3. The van der Waals surface area contributed by atoms with E-state index in [1.807, 2.05) is 0 Å². The maximum atomic E-state index is 5.72. The molecule has 0 saturated carbocycles. The molecule has 2 aliphatic rings. The van der Waals surface area contributed by atoms with Crippen LogP contribution < -0.4 is 0 Å². The van der Waals surface area contributed by atoms with Gasteiger partial charge in [-0.25, -0.2) is 0 Å². The molecule has 66 valence electrons. The minimum absolute atomic E-state index is 0.309. The highest BCUT2D eigenvalue weighted by Crippen LogP contribution is 2.46. The van der Waals surface area contributed by atoms with E-state index in [1.54, 1.807) is 0 Å². The molecule has 1 aliphatic carbocycles. The molecule has 1 nitrogen and oxygen atoms in total. The van der Waals surface area contributed by atoms with Gasteiger partial charge in [0.1, 0.15) is 0 Å². The lowest BCUT2D eigenvalue weighted by Gasteiger charge is -2.08. The normalized spacial score (nSPS) is 30.3. The van der Waals surface area contributed by atoms with Crippen LogP contribution >= 0.6 is 0 Å². The van der Waals surface area contributed by atoms with Gasteiger partial charge in [0.15, 0.2) is 0 Å². The van der Waals surface area contributed by atoms with E-state index in [0.717, 1.165) is 13.0 Å². The lowest BCUT2D eigenvalue weighted by Crippen LogP contribution is -2.00. The summed E-state index contributed by atoms with van der Waals surface area (Å²) in [5.74, 6) is 0.553. The Morgan fingerprint density at radius 2 is 2.15 bits per heavy atom. The molecule has 1 aliphatic heterocycles. The first kappa shape index (κ1) is 7.34. The third kappa shape index (κ3) is 0.909. The van der Waals surface area contributed by atoms with E-state index in [-0.39, 0.29) is 0 Å².